The van der Waals surface area contributed by atoms with Crippen LogP contribution in [0.2, 0.25) is 0 Å². The molecule has 4 nitrogen and oxygen atoms in total. The van der Waals surface area contributed by atoms with E-state index in [-0.39, 0.29) is 11.3 Å². The smallest absolute Gasteiger partial charge is 0.152 e. The minimum atomic E-state index is -2.87. The Hall–Kier alpha value is -0.130. The van der Waals surface area contributed by atoms with Crippen molar-refractivity contribution in [3.8, 4) is 0 Å². The van der Waals surface area contributed by atoms with Gasteiger partial charge in [0.15, 0.2) is 9.84 Å². The van der Waals surface area contributed by atoms with Crippen LogP contribution in [0.4, 0.5) is 0 Å². The first-order valence-electron chi connectivity index (χ1n) is 7.17. The minimum absolute atomic E-state index is 0.262. The number of hydrogen-bond acceptors (Lipinski definition) is 4. The lowest BCUT2D eigenvalue weighted by Gasteiger charge is -2.39. The molecule has 0 spiro atoms. The van der Waals surface area contributed by atoms with Crippen LogP contribution < -0.4 is 5.73 Å². The van der Waals surface area contributed by atoms with E-state index in [9.17, 15) is 8.42 Å². The topological polar surface area (TPSA) is 63.4 Å². The molecule has 0 saturated carbocycles. The predicted octanol–water partition coefficient (Wildman–Crippen LogP) is 1.01. The number of hydrogen-bond donors (Lipinski definition) is 1. The fourth-order valence-corrected chi connectivity index (χ4v) is 5.59. The highest BCUT2D eigenvalue weighted by Crippen LogP contribution is 2.32. The van der Waals surface area contributed by atoms with Crippen LogP contribution in [0.25, 0.3) is 0 Å². The lowest BCUT2D eigenvalue weighted by molar-refractivity contribution is 0.119. The van der Waals surface area contributed by atoms with E-state index < -0.39 is 9.84 Å². The Morgan fingerprint density at radius 2 is 2.11 bits per heavy atom. The van der Waals surface area contributed by atoms with Crippen LogP contribution in [0.15, 0.2) is 0 Å². The highest BCUT2D eigenvalue weighted by molar-refractivity contribution is 7.91. The second kappa shape index (κ2) is 5.47. The van der Waals surface area contributed by atoms with Crippen molar-refractivity contribution in [3.63, 3.8) is 0 Å². The summed E-state index contributed by atoms with van der Waals surface area (Å²) in [5.74, 6) is 1.40. The highest BCUT2D eigenvalue weighted by Gasteiger charge is 2.45. The number of rotatable bonds is 3. The highest BCUT2D eigenvalue weighted by atomic mass is 32.2. The van der Waals surface area contributed by atoms with E-state index in [1.807, 2.05) is 0 Å². The summed E-state index contributed by atoms with van der Waals surface area (Å²) < 4.78 is 23.5. The van der Waals surface area contributed by atoms with Crippen LogP contribution in [-0.4, -0.2) is 50.0 Å². The normalized spacial score (nSPS) is 37.6. The van der Waals surface area contributed by atoms with Crippen molar-refractivity contribution < 1.29 is 8.42 Å². The maximum absolute atomic E-state index is 11.8. The van der Waals surface area contributed by atoms with Crippen LogP contribution in [0.3, 0.4) is 0 Å². The SMILES string of the molecule is CCC1CCCN(C2(CN)CCS(=O)(=O)C2)CC1. The minimum Gasteiger partial charge on any atom is -0.329 e. The van der Waals surface area contributed by atoms with E-state index in [1.54, 1.807) is 0 Å². The molecule has 18 heavy (non-hydrogen) atoms. The standard InChI is InChI=1S/C13H26N2O2S/c1-2-12-4-3-7-15(8-5-12)13(10-14)6-9-18(16,17)11-13/h12H,2-11,14H2,1H3. The molecule has 2 N–H and O–H groups in total. The van der Waals surface area contributed by atoms with Gasteiger partial charge in [0, 0.05) is 12.1 Å². The molecule has 0 aromatic heterocycles. The molecule has 0 radical (unpaired) electrons. The Kier molecular flexibility index (Phi) is 4.34. The molecule has 2 rings (SSSR count). The monoisotopic (exact) mass is 274 g/mol. The van der Waals surface area contributed by atoms with Gasteiger partial charge in [-0.05, 0) is 44.7 Å². The fourth-order valence-electron chi connectivity index (χ4n) is 3.49. The molecule has 2 aliphatic rings. The lowest BCUT2D eigenvalue weighted by atomic mass is 9.95. The molecule has 2 atom stereocenters. The van der Waals surface area contributed by atoms with E-state index in [2.05, 4.69) is 11.8 Å². The maximum Gasteiger partial charge on any atom is 0.152 e. The zero-order valence-electron chi connectivity index (χ0n) is 11.4. The summed E-state index contributed by atoms with van der Waals surface area (Å²) in [5, 5.41) is 0. The largest absolute Gasteiger partial charge is 0.329 e. The Balaban J connectivity index is 2.09. The van der Waals surface area contributed by atoms with Gasteiger partial charge in [-0.1, -0.05) is 13.3 Å². The number of likely N-dealkylation sites (tertiary alicyclic amines) is 1. The first-order valence-corrected chi connectivity index (χ1v) is 8.99. The molecule has 2 saturated heterocycles. The van der Waals surface area contributed by atoms with Gasteiger partial charge < -0.3 is 5.73 Å². The molecule has 0 aromatic rings. The van der Waals surface area contributed by atoms with Crippen LogP contribution in [-0.2, 0) is 9.84 Å². The van der Waals surface area contributed by atoms with Crippen LogP contribution in [0.5, 0.6) is 0 Å². The third kappa shape index (κ3) is 2.89. The van der Waals surface area contributed by atoms with Gasteiger partial charge in [-0.2, -0.15) is 0 Å². The molecule has 0 aromatic carbocycles. The van der Waals surface area contributed by atoms with Gasteiger partial charge in [-0.25, -0.2) is 8.42 Å². The first-order chi connectivity index (χ1) is 8.51. The van der Waals surface area contributed by atoms with Crippen molar-refractivity contribution in [2.45, 2.75) is 44.6 Å². The quantitative estimate of drug-likeness (QED) is 0.834. The molecule has 106 valence electrons. The van der Waals surface area contributed by atoms with Crippen molar-refractivity contribution in [1.82, 2.24) is 4.90 Å². The summed E-state index contributed by atoms with van der Waals surface area (Å²) >= 11 is 0. The second-order valence-corrected chi connectivity index (χ2v) is 8.15. The van der Waals surface area contributed by atoms with Crippen LogP contribution >= 0.6 is 0 Å². The third-order valence-corrected chi connectivity index (χ3v) is 6.65. The molecule has 2 aliphatic heterocycles. The molecule has 0 bridgehead atoms. The van der Waals surface area contributed by atoms with Gasteiger partial charge in [-0.3, -0.25) is 4.90 Å². The summed E-state index contributed by atoms with van der Waals surface area (Å²) in [4.78, 5) is 2.38. The zero-order valence-corrected chi connectivity index (χ0v) is 12.2. The molecule has 5 heteroatoms. The first kappa shape index (κ1) is 14.3. The molecule has 2 heterocycles. The Morgan fingerprint density at radius 3 is 2.67 bits per heavy atom. The Bertz CT molecular complexity index is 382. The van der Waals surface area contributed by atoms with E-state index in [1.165, 1.54) is 25.7 Å². The number of nitrogens with zero attached hydrogens (tertiary/aromatic N) is 1. The van der Waals surface area contributed by atoms with Gasteiger partial charge in [0.25, 0.3) is 0 Å². The van der Waals surface area contributed by atoms with Gasteiger partial charge in [0.2, 0.25) is 0 Å². The summed E-state index contributed by atoms with van der Waals surface area (Å²) in [7, 11) is -2.87. The van der Waals surface area contributed by atoms with Gasteiger partial charge >= 0.3 is 0 Å². The van der Waals surface area contributed by atoms with E-state index >= 15 is 0 Å². The van der Waals surface area contributed by atoms with Gasteiger partial charge in [0.05, 0.1) is 11.5 Å². The lowest BCUT2D eigenvalue weighted by Crippen LogP contribution is -2.55. The Labute approximate surface area is 111 Å². The molecule has 0 aliphatic carbocycles. The molecule has 2 fully saturated rings. The van der Waals surface area contributed by atoms with Crippen molar-refractivity contribution in [1.29, 1.82) is 0 Å². The summed E-state index contributed by atoms with van der Waals surface area (Å²) in [6, 6.07) is 0. The van der Waals surface area contributed by atoms with Crippen molar-refractivity contribution >= 4 is 9.84 Å². The second-order valence-electron chi connectivity index (χ2n) is 5.96. The van der Waals surface area contributed by atoms with Crippen LogP contribution in [0.1, 0.15) is 39.0 Å². The van der Waals surface area contributed by atoms with Crippen molar-refractivity contribution in [3.05, 3.63) is 0 Å². The third-order valence-electron chi connectivity index (χ3n) is 4.84. The van der Waals surface area contributed by atoms with Gasteiger partial charge in [-0.15, -0.1) is 0 Å². The average Bonchev–Trinajstić information content (AvgIpc) is 2.55. The molecule has 0 amide bonds. The number of sulfone groups is 1. The molecular formula is C13H26N2O2S. The van der Waals surface area contributed by atoms with E-state index in [4.69, 9.17) is 5.73 Å². The summed E-state index contributed by atoms with van der Waals surface area (Å²) in [6.07, 6.45) is 5.61. The summed E-state index contributed by atoms with van der Waals surface area (Å²) in [5.41, 5.74) is 5.67. The molecular weight excluding hydrogens is 248 g/mol. The molecule has 2 unspecified atom stereocenters. The maximum atomic E-state index is 11.8. The zero-order chi connectivity index (χ0) is 13.2. The number of nitrogens with two attached hydrogens (primary N) is 1. The van der Waals surface area contributed by atoms with E-state index in [0.29, 0.717) is 12.3 Å². The Morgan fingerprint density at radius 1 is 1.33 bits per heavy atom. The summed E-state index contributed by atoms with van der Waals surface area (Å²) in [6.45, 7) is 4.76. The predicted molar refractivity (Wildman–Crippen MR) is 74.3 cm³/mol. The van der Waals surface area contributed by atoms with Crippen LogP contribution in [0, 0.1) is 5.92 Å². The van der Waals surface area contributed by atoms with Crippen molar-refractivity contribution in [2.24, 2.45) is 11.7 Å². The average molecular weight is 274 g/mol. The van der Waals surface area contributed by atoms with Gasteiger partial charge in [0.1, 0.15) is 0 Å². The van der Waals surface area contributed by atoms with Crippen molar-refractivity contribution in [2.75, 3.05) is 31.1 Å². The van der Waals surface area contributed by atoms with E-state index in [0.717, 1.165) is 25.4 Å². The fraction of sp³-hybridized carbons (Fsp3) is 1.00.